The molecule has 1 heterocycles. The van der Waals surface area contributed by atoms with Crippen molar-refractivity contribution in [2.75, 3.05) is 111 Å². The number of hydrogen-bond donors (Lipinski definition) is 5. The fraction of sp³-hybridized carbons (Fsp3) is 0.611. The fourth-order valence-corrected chi connectivity index (χ4v) is 4.64. The number of anilines is 2. The zero-order valence-electron chi connectivity index (χ0n) is 32.1. The maximum Gasteiger partial charge on any atom is 0.407 e. The summed E-state index contributed by atoms with van der Waals surface area (Å²) < 4.78 is 42.4. The molecule has 0 aliphatic rings. The molecule has 0 aliphatic carbocycles. The number of aliphatic imine (C=N–C) groups is 1. The number of alkyl carbamates (subject to hydrolysis) is 1. The number of carbonyl (C=O) groups is 3. The Labute approximate surface area is 332 Å². The van der Waals surface area contributed by atoms with E-state index < -0.39 is 12.0 Å². The number of halogens is 1. The van der Waals surface area contributed by atoms with E-state index in [2.05, 4.69) is 25.6 Å². The van der Waals surface area contributed by atoms with Crippen LogP contribution in [0.4, 0.5) is 16.4 Å². The molecule has 0 radical (unpaired) electrons. The third-order valence-electron chi connectivity index (χ3n) is 7.39. The van der Waals surface area contributed by atoms with Gasteiger partial charge in [-0.15, -0.1) is 0 Å². The summed E-state index contributed by atoms with van der Waals surface area (Å²) in [4.78, 5) is 47.6. The predicted octanol–water partition coefficient (Wildman–Crippen LogP) is 2.28. The van der Waals surface area contributed by atoms with Gasteiger partial charge in [0.1, 0.15) is 25.6 Å². The van der Waals surface area contributed by atoms with Gasteiger partial charge in [0, 0.05) is 26.6 Å². The molecule has 0 saturated carbocycles. The van der Waals surface area contributed by atoms with E-state index in [9.17, 15) is 14.4 Å². The van der Waals surface area contributed by atoms with Crippen LogP contribution in [0, 0.1) is 0 Å². The highest BCUT2D eigenvalue weighted by molar-refractivity contribution is 6.31. The Morgan fingerprint density at radius 2 is 1.36 bits per heavy atom. The van der Waals surface area contributed by atoms with Crippen molar-refractivity contribution in [2.24, 2.45) is 10.7 Å². The van der Waals surface area contributed by atoms with Crippen molar-refractivity contribution in [2.45, 2.75) is 44.9 Å². The van der Waals surface area contributed by atoms with Crippen molar-refractivity contribution in [1.82, 2.24) is 20.6 Å². The number of nitrogens with two attached hydrogens (primary N) is 3. The lowest BCUT2D eigenvalue weighted by Gasteiger charge is -2.09. The Kier molecular flexibility index (Phi) is 26.1. The molecule has 2 aromatic rings. The second-order valence-electron chi connectivity index (χ2n) is 11.8. The molecule has 20 heteroatoms. The van der Waals surface area contributed by atoms with Gasteiger partial charge in [-0.1, -0.05) is 30.2 Å². The van der Waals surface area contributed by atoms with Crippen LogP contribution in [0.3, 0.4) is 0 Å². The summed E-state index contributed by atoms with van der Waals surface area (Å²) in [6.45, 7) is 5.25. The highest BCUT2D eigenvalue weighted by Gasteiger charge is 2.16. The van der Waals surface area contributed by atoms with Crippen LogP contribution in [0.2, 0.25) is 5.15 Å². The van der Waals surface area contributed by atoms with Crippen molar-refractivity contribution in [3.63, 3.8) is 0 Å². The molecule has 0 aliphatic heterocycles. The number of methoxy groups -OCH3 is 1. The van der Waals surface area contributed by atoms with Gasteiger partial charge in [-0.25, -0.2) is 14.8 Å². The molecule has 0 fully saturated rings. The molecular weight excluding hydrogens is 756 g/mol. The Morgan fingerprint density at radius 3 is 2.04 bits per heavy atom. The van der Waals surface area contributed by atoms with Gasteiger partial charge in [0.05, 0.1) is 59.5 Å². The van der Waals surface area contributed by atoms with E-state index in [1.165, 1.54) is 0 Å². The maximum absolute atomic E-state index is 12.3. The van der Waals surface area contributed by atoms with E-state index >= 15 is 0 Å². The van der Waals surface area contributed by atoms with Crippen LogP contribution in [-0.2, 0) is 44.4 Å². The summed E-state index contributed by atoms with van der Waals surface area (Å²) >= 11 is 5.81. The molecular formula is C36H57ClN8O11. The van der Waals surface area contributed by atoms with Crippen LogP contribution < -0.4 is 32.6 Å². The molecule has 56 heavy (non-hydrogen) atoms. The first-order valence-corrected chi connectivity index (χ1v) is 18.8. The van der Waals surface area contributed by atoms with Gasteiger partial charge in [-0.2, -0.15) is 0 Å². The van der Waals surface area contributed by atoms with Gasteiger partial charge in [0.15, 0.2) is 28.4 Å². The van der Waals surface area contributed by atoms with E-state index in [4.69, 9.17) is 66.7 Å². The topological polar surface area (TPSA) is 265 Å². The number of carbonyl (C=O) groups excluding carboxylic acids is 3. The van der Waals surface area contributed by atoms with Gasteiger partial charge in [0.25, 0.3) is 5.91 Å². The third-order valence-corrected chi connectivity index (χ3v) is 7.67. The second-order valence-corrected chi connectivity index (χ2v) is 12.2. The monoisotopic (exact) mass is 812 g/mol. The van der Waals surface area contributed by atoms with E-state index in [0.717, 1.165) is 43.4 Å². The Hall–Kier alpha value is -4.53. The molecule has 0 spiro atoms. The number of amides is 2. The quantitative estimate of drug-likeness (QED) is 0.0316. The lowest BCUT2D eigenvalue weighted by molar-refractivity contribution is -0.145. The number of nitrogens with zero attached hydrogens (tertiary/aromatic N) is 3. The zero-order chi connectivity index (χ0) is 40.6. The Morgan fingerprint density at radius 1 is 0.732 bits per heavy atom. The highest BCUT2D eigenvalue weighted by atomic mass is 35.5. The van der Waals surface area contributed by atoms with Gasteiger partial charge < -0.3 is 60.4 Å². The van der Waals surface area contributed by atoms with Crippen LogP contribution in [0.15, 0.2) is 29.3 Å². The van der Waals surface area contributed by atoms with E-state index in [-0.39, 0.29) is 54.2 Å². The predicted molar refractivity (Wildman–Crippen MR) is 209 cm³/mol. The summed E-state index contributed by atoms with van der Waals surface area (Å²) in [5.74, 6) is -0.522. The van der Waals surface area contributed by atoms with E-state index in [1.54, 1.807) is 7.11 Å². The van der Waals surface area contributed by atoms with Gasteiger partial charge in [-0.05, 0) is 49.8 Å². The fourth-order valence-electron chi connectivity index (χ4n) is 4.51. The summed E-state index contributed by atoms with van der Waals surface area (Å²) in [5, 5.41) is 4.95. The summed E-state index contributed by atoms with van der Waals surface area (Å²) in [5.41, 5.74) is 18.0. The number of esters is 1. The summed E-state index contributed by atoms with van der Waals surface area (Å²) in [6.07, 6.45) is 4.41. The molecule has 8 N–H and O–H groups in total. The molecule has 1 aromatic carbocycles. The Balaban J connectivity index is 1.36. The van der Waals surface area contributed by atoms with Crippen LogP contribution in [0.5, 0.6) is 5.75 Å². The first kappa shape index (κ1) is 47.6. The average molecular weight is 813 g/mol. The molecule has 0 saturated heterocycles. The first-order valence-electron chi connectivity index (χ1n) is 18.5. The van der Waals surface area contributed by atoms with Gasteiger partial charge in [-0.3, -0.25) is 19.9 Å². The molecule has 314 valence electrons. The van der Waals surface area contributed by atoms with Crippen molar-refractivity contribution in [1.29, 1.82) is 0 Å². The standard InChI is InChI=1S/C36H57ClN8O11/c1-49-15-16-50-17-18-52-22-25-55-29(46)8-3-2-5-14-42-36(48)56-26-23-53-20-19-51-21-24-54-28-11-9-27(10-12-28)7-4-6-13-41-35(40)45-34(47)30-32(38)44-33(39)31(37)43-30/h9-12H,2-8,13-26H2,1H3,(H,42,48)(H4,38,39,44)(H3,40,41,45,47). The third kappa shape index (κ3) is 23.4. The SMILES string of the molecule is COCCOCCOCCOC(=O)CCCCCNC(=O)OCCOCCOCCOc1ccc(CCCCN=C(N)NC(=O)c2nc(Cl)c(N)nc2N)cc1. The number of ether oxygens (including phenoxy) is 8. The largest absolute Gasteiger partial charge is 0.491 e. The summed E-state index contributed by atoms with van der Waals surface area (Å²) in [7, 11) is 1.61. The van der Waals surface area contributed by atoms with Crippen LogP contribution in [0.1, 0.15) is 54.6 Å². The number of aryl methyl sites for hydroxylation is 1. The van der Waals surface area contributed by atoms with Crippen molar-refractivity contribution in [3.8, 4) is 5.75 Å². The number of guanidine groups is 1. The number of nitrogens with one attached hydrogen (secondary N) is 2. The van der Waals surface area contributed by atoms with Crippen LogP contribution >= 0.6 is 11.6 Å². The molecule has 0 unspecified atom stereocenters. The number of rotatable bonds is 31. The number of unbranched alkanes of at least 4 members (excludes halogenated alkanes) is 3. The number of aromatic nitrogens is 2. The van der Waals surface area contributed by atoms with E-state index in [1.807, 2.05) is 24.3 Å². The lowest BCUT2D eigenvalue weighted by Crippen LogP contribution is -2.38. The minimum atomic E-state index is -0.683. The second kappa shape index (κ2) is 30.7. The smallest absolute Gasteiger partial charge is 0.407 e. The molecule has 2 amide bonds. The molecule has 2 rings (SSSR count). The molecule has 0 bridgehead atoms. The van der Waals surface area contributed by atoms with E-state index in [0.29, 0.717) is 85.4 Å². The average Bonchev–Trinajstić information content (AvgIpc) is 3.18. The molecule has 19 nitrogen and oxygen atoms in total. The highest BCUT2D eigenvalue weighted by Crippen LogP contribution is 2.17. The van der Waals surface area contributed by atoms with Crippen molar-refractivity contribution < 1.29 is 52.3 Å². The number of nitrogen functional groups attached to an aromatic ring is 2. The minimum Gasteiger partial charge on any atom is -0.491 e. The molecule has 1 aromatic heterocycles. The summed E-state index contributed by atoms with van der Waals surface area (Å²) in [6, 6.07) is 7.81. The molecule has 0 atom stereocenters. The zero-order valence-corrected chi connectivity index (χ0v) is 32.9. The van der Waals surface area contributed by atoms with Crippen LogP contribution in [-0.4, -0.2) is 133 Å². The Bertz CT molecular complexity index is 1440. The van der Waals surface area contributed by atoms with Gasteiger partial charge >= 0.3 is 12.1 Å². The van der Waals surface area contributed by atoms with Crippen molar-refractivity contribution in [3.05, 3.63) is 40.7 Å². The number of benzene rings is 1. The van der Waals surface area contributed by atoms with Crippen LogP contribution in [0.25, 0.3) is 0 Å². The lowest BCUT2D eigenvalue weighted by atomic mass is 10.1. The number of hydrogen-bond acceptors (Lipinski definition) is 16. The minimum absolute atomic E-state index is 0.0663. The first-order chi connectivity index (χ1) is 27.2. The van der Waals surface area contributed by atoms with Crippen molar-refractivity contribution >= 4 is 47.2 Å². The normalized spacial score (nSPS) is 11.3. The van der Waals surface area contributed by atoms with Gasteiger partial charge in [0.2, 0.25) is 0 Å². The maximum atomic E-state index is 12.3.